The molecule has 1 aliphatic rings. The molecule has 0 atom stereocenters. The van der Waals surface area contributed by atoms with Crippen LogP contribution >= 0.6 is 0 Å². The molecule has 1 aliphatic heterocycles. The molecule has 0 spiro atoms. The van der Waals surface area contributed by atoms with Gasteiger partial charge in [0.2, 0.25) is 0 Å². The highest BCUT2D eigenvalue weighted by molar-refractivity contribution is 6.05. The Morgan fingerprint density at radius 2 is 1.76 bits per heavy atom. The molecule has 1 aromatic heterocycles. The van der Waals surface area contributed by atoms with Gasteiger partial charge in [0.05, 0.1) is 24.6 Å². The van der Waals surface area contributed by atoms with E-state index < -0.39 is 0 Å². The Balaban J connectivity index is 1.47. The molecule has 146 valence electrons. The number of hydrogen-bond donors (Lipinski definition) is 1. The minimum Gasteiger partial charge on any atom is -0.465 e. The number of methoxy groups -OCH3 is 1. The van der Waals surface area contributed by atoms with Crippen molar-refractivity contribution in [3.05, 3.63) is 83.7 Å². The van der Waals surface area contributed by atoms with E-state index in [2.05, 4.69) is 16.4 Å². The van der Waals surface area contributed by atoms with Crippen LogP contribution in [0, 0.1) is 0 Å². The lowest BCUT2D eigenvalue weighted by Gasteiger charge is -2.29. The van der Waals surface area contributed by atoms with Crippen molar-refractivity contribution >= 4 is 28.9 Å². The van der Waals surface area contributed by atoms with Crippen LogP contribution < -0.4 is 10.2 Å². The first-order chi connectivity index (χ1) is 14.2. The molecule has 2 heterocycles. The summed E-state index contributed by atoms with van der Waals surface area (Å²) in [4.78, 5) is 30.6. The first kappa shape index (κ1) is 18.7. The second-order valence-electron chi connectivity index (χ2n) is 6.82. The zero-order valence-corrected chi connectivity index (χ0v) is 16.1. The minimum absolute atomic E-state index is 0.0915. The summed E-state index contributed by atoms with van der Waals surface area (Å²) in [6.07, 6.45) is 3.58. The molecule has 0 bridgehead atoms. The van der Waals surface area contributed by atoms with Crippen molar-refractivity contribution in [2.45, 2.75) is 12.8 Å². The third kappa shape index (κ3) is 3.96. The second-order valence-corrected chi connectivity index (χ2v) is 6.82. The largest absolute Gasteiger partial charge is 0.465 e. The van der Waals surface area contributed by atoms with E-state index in [9.17, 15) is 9.59 Å². The maximum absolute atomic E-state index is 13.0. The number of esters is 1. The highest BCUT2D eigenvalue weighted by Gasteiger charge is 2.23. The predicted octanol–water partition coefficient (Wildman–Crippen LogP) is 4.20. The summed E-state index contributed by atoms with van der Waals surface area (Å²) in [5, 5.41) is 3.21. The van der Waals surface area contributed by atoms with Crippen LogP contribution in [0.4, 0.5) is 17.1 Å². The first-order valence-electron chi connectivity index (χ1n) is 9.47. The second kappa shape index (κ2) is 8.14. The average Bonchev–Trinajstić information content (AvgIpc) is 2.78. The van der Waals surface area contributed by atoms with Gasteiger partial charge >= 0.3 is 5.97 Å². The number of ether oxygens (including phenoxy) is 1. The molecule has 4 rings (SSSR count). The quantitative estimate of drug-likeness (QED) is 0.679. The average molecular weight is 387 g/mol. The highest BCUT2D eigenvalue weighted by atomic mass is 16.5. The fourth-order valence-electron chi connectivity index (χ4n) is 3.45. The van der Waals surface area contributed by atoms with E-state index in [1.165, 1.54) is 12.7 Å². The molecule has 6 heteroatoms. The van der Waals surface area contributed by atoms with Crippen molar-refractivity contribution in [2.75, 3.05) is 23.9 Å². The van der Waals surface area contributed by atoms with Crippen LogP contribution in [0.25, 0.3) is 0 Å². The summed E-state index contributed by atoms with van der Waals surface area (Å²) in [7, 11) is 1.35. The number of amides is 1. The summed E-state index contributed by atoms with van der Waals surface area (Å²) in [5.74, 6) is -0.466. The fraction of sp³-hybridized carbons (Fsp3) is 0.174. The maximum atomic E-state index is 13.0. The molecule has 6 nitrogen and oxygen atoms in total. The molecular weight excluding hydrogens is 366 g/mol. The predicted molar refractivity (Wildman–Crippen MR) is 112 cm³/mol. The van der Waals surface area contributed by atoms with Crippen LogP contribution in [-0.4, -0.2) is 30.5 Å². The van der Waals surface area contributed by atoms with Crippen molar-refractivity contribution in [2.24, 2.45) is 0 Å². The van der Waals surface area contributed by atoms with Gasteiger partial charge in [-0.1, -0.05) is 18.2 Å². The zero-order valence-electron chi connectivity index (χ0n) is 16.1. The monoisotopic (exact) mass is 387 g/mol. The zero-order chi connectivity index (χ0) is 20.2. The van der Waals surface area contributed by atoms with Gasteiger partial charge in [-0.25, -0.2) is 9.78 Å². The number of pyridine rings is 1. The van der Waals surface area contributed by atoms with Gasteiger partial charge in [0.1, 0.15) is 5.69 Å². The fourth-order valence-corrected chi connectivity index (χ4v) is 3.45. The smallest absolute Gasteiger partial charge is 0.337 e. The number of rotatable bonds is 4. The first-order valence-corrected chi connectivity index (χ1v) is 9.47. The molecular formula is C23H21N3O3. The Kier molecular flexibility index (Phi) is 5.24. The Morgan fingerprint density at radius 3 is 2.48 bits per heavy atom. The SMILES string of the molecule is COC(=O)c1ccc(Nc2ccc(C(=O)N3CCCc4ccccc43)nc2)cc1. The number of nitrogens with one attached hydrogen (secondary N) is 1. The summed E-state index contributed by atoms with van der Waals surface area (Å²) in [6.45, 7) is 0.698. The lowest BCUT2D eigenvalue weighted by molar-refractivity contribution is 0.0600. The summed E-state index contributed by atoms with van der Waals surface area (Å²) in [6, 6.07) is 18.5. The van der Waals surface area contributed by atoms with Crippen LogP contribution in [0.15, 0.2) is 66.9 Å². The van der Waals surface area contributed by atoms with E-state index in [4.69, 9.17) is 4.74 Å². The van der Waals surface area contributed by atoms with Crippen molar-refractivity contribution in [1.82, 2.24) is 4.98 Å². The van der Waals surface area contributed by atoms with Crippen molar-refractivity contribution in [1.29, 1.82) is 0 Å². The topological polar surface area (TPSA) is 71.5 Å². The van der Waals surface area contributed by atoms with E-state index in [1.54, 1.807) is 41.4 Å². The summed E-state index contributed by atoms with van der Waals surface area (Å²) < 4.78 is 4.70. The van der Waals surface area contributed by atoms with E-state index in [1.807, 2.05) is 24.3 Å². The molecule has 0 unspecified atom stereocenters. The number of carbonyl (C=O) groups is 2. The maximum Gasteiger partial charge on any atom is 0.337 e. The molecule has 0 aliphatic carbocycles. The van der Waals surface area contributed by atoms with Crippen LogP contribution in [0.3, 0.4) is 0 Å². The third-order valence-corrected chi connectivity index (χ3v) is 4.93. The van der Waals surface area contributed by atoms with Gasteiger partial charge in [0.25, 0.3) is 5.91 Å². The van der Waals surface area contributed by atoms with E-state index in [-0.39, 0.29) is 11.9 Å². The van der Waals surface area contributed by atoms with Crippen molar-refractivity contribution in [3.63, 3.8) is 0 Å². The van der Waals surface area contributed by atoms with Gasteiger partial charge in [-0.05, 0) is 60.9 Å². The Morgan fingerprint density at radius 1 is 1.00 bits per heavy atom. The number of para-hydroxylation sites is 1. The molecule has 2 aromatic carbocycles. The van der Waals surface area contributed by atoms with Gasteiger partial charge in [0.15, 0.2) is 0 Å². The van der Waals surface area contributed by atoms with Gasteiger partial charge in [-0.15, -0.1) is 0 Å². The number of benzene rings is 2. The van der Waals surface area contributed by atoms with Crippen LogP contribution in [0.1, 0.15) is 32.8 Å². The van der Waals surface area contributed by atoms with Gasteiger partial charge < -0.3 is 15.0 Å². The Labute approximate surface area is 169 Å². The van der Waals surface area contributed by atoms with Crippen molar-refractivity contribution in [3.8, 4) is 0 Å². The van der Waals surface area contributed by atoms with E-state index in [0.717, 1.165) is 29.9 Å². The Hall–Kier alpha value is -3.67. The molecule has 0 saturated heterocycles. The van der Waals surface area contributed by atoms with Crippen molar-refractivity contribution < 1.29 is 14.3 Å². The molecule has 0 fully saturated rings. The van der Waals surface area contributed by atoms with Gasteiger partial charge in [-0.2, -0.15) is 0 Å². The number of nitrogens with zero attached hydrogens (tertiary/aromatic N) is 2. The molecule has 29 heavy (non-hydrogen) atoms. The number of aryl methyl sites for hydroxylation is 1. The lowest BCUT2D eigenvalue weighted by atomic mass is 10.0. The minimum atomic E-state index is -0.375. The summed E-state index contributed by atoms with van der Waals surface area (Å²) in [5.41, 5.74) is 4.63. The van der Waals surface area contributed by atoms with E-state index >= 15 is 0 Å². The number of hydrogen-bond acceptors (Lipinski definition) is 5. The van der Waals surface area contributed by atoms with Gasteiger partial charge in [-0.3, -0.25) is 4.79 Å². The standard InChI is InChI=1S/C23H21N3O3/c1-29-23(28)17-8-10-18(11-9-17)25-19-12-13-20(24-15-19)22(27)26-14-4-6-16-5-2-3-7-21(16)26/h2-3,5,7-13,15,25H,4,6,14H2,1H3. The summed E-state index contributed by atoms with van der Waals surface area (Å²) >= 11 is 0. The number of anilines is 3. The molecule has 0 radical (unpaired) electrons. The van der Waals surface area contributed by atoms with Crippen LogP contribution in [0.5, 0.6) is 0 Å². The normalized spacial score (nSPS) is 12.8. The molecule has 0 saturated carbocycles. The Bertz CT molecular complexity index is 1030. The molecule has 3 aromatic rings. The van der Waals surface area contributed by atoms with E-state index in [0.29, 0.717) is 17.8 Å². The van der Waals surface area contributed by atoms with Crippen LogP contribution in [-0.2, 0) is 11.2 Å². The third-order valence-electron chi connectivity index (χ3n) is 4.93. The lowest BCUT2D eigenvalue weighted by Crippen LogP contribution is -2.35. The number of carbonyl (C=O) groups excluding carboxylic acids is 2. The molecule has 1 N–H and O–H groups in total. The van der Waals surface area contributed by atoms with Gasteiger partial charge in [0, 0.05) is 17.9 Å². The molecule has 1 amide bonds. The van der Waals surface area contributed by atoms with Crippen LogP contribution in [0.2, 0.25) is 0 Å². The number of aromatic nitrogens is 1. The highest BCUT2D eigenvalue weighted by Crippen LogP contribution is 2.28. The number of fused-ring (bicyclic) bond motifs is 1.